The van der Waals surface area contributed by atoms with Gasteiger partial charge in [0.2, 0.25) is 5.88 Å². The van der Waals surface area contributed by atoms with E-state index in [0.717, 1.165) is 6.07 Å². The van der Waals surface area contributed by atoms with Crippen LogP contribution >= 0.6 is 0 Å². The molecule has 9 heteroatoms. The molecule has 1 spiro atoms. The Balaban J connectivity index is 1.55. The predicted molar refractivity (Wildman–Crippen MR) is 131 cm³/mol. The molecule has 1 saturated heterocycles. The summed E-state index contributed by atoms with van der Waals surface area (Å²) in [5.41, 5.74) is -3.42. The molecule has 5 aliphatic rings. The number of rotatable bonds is 2. The summed E-state index contributed by atoms with van der Waals surface area (Å²) in [7, 11) is 0. The Kier molecular flexibility index (Phi) is 5.27. The van der Waals surface area contributed by atoms with Crippen molar-refractivity contribution in [2.45, 2.75) is 77.7 Å². The van der Waals surface area contributed by atoms with Crippen LogP contribution in [-0.4, -0.2) is 46.1 Å². The van der Waals surface area contributed by atoms with E-state index in [1.165, 1.54) is 12.3 Å². The molecule has 1 unspecified atom stereocenters. The van der Waals surface area contributed by atoms with Crippen molar-refractivity contribution in [3.8, 4) is 5.88 Å². The zero-order chi connectivity index (χ0) is 27.6. The van der Waals surface area contributed by atoms with Gasteiger partial charge in [0.1, 0.15) is 11.7 Å². The number of Topliss-reactive ketones (excluding diaryl/α,β-unsaturated/α-hetero) is 1. The number of hydrogen-bond acceptors (Lipinski definition) is 6. The van der Waals surface area contributed by atoms with Crippen LogP contribution in [0.25, 0.3) is 0 Å². The van der Waals surface area contributed by atoms with E-state index in [1.54, 1.807) is 26.8 Å². The summed E-state index contributed by atoms with van der Waals surface area (Å²) in [6.07, 6.45) is -1.45. The topological polar surface area (TPSA) is 77.9 Å². The van der Waals surface area contributed by atoms with Gasteiger partial charge in [-0.15, -0.1) is 0 Å². The second-order valence-electron chi connectivity index (χ2n) is 12.8. The molecule has 1 aromatic heterocycles. The van der Waals surface area contributed by atoms with Gasteiger partial charge in [-0.3, -0.25) is 4.79 Å². The molecular formula is C29H34F3NO5. The Morgan fingerprint density at radius 1 is 1.21 bits per heavy atom. The highest BCUT2D eigenvalue weighted by atomic mass is 19.4. The summed E-state index contributed by atoms with van der Waals surface area (Å²) in [6, 6.07) is 2.09. The van der Waals surface area contributed by atoms with Crippen LogP contribution in [0.15, 0.2) is 41.6 Å². The number of carbonyl (C=O) groups is 1. The van der Waals surface area contributed by atoms with Crippen LogP contribution in [0.4, 0.5) is 13.2 Å². The van der Waals surface area contributed by atoms with Gasteiger partial charge in [-0.2, -0.15) is 13.2 Å². The fourth-order valence-electron chi connectivity index (χ4n) is 8.11. The van der Waals surface area contributed by atoms with Crippen LogP contribution < -0.4 is 4.74 Å². The second kappa shape index (κ2) is 7.70. The van der Waals surface area contributed by atoms with E-state index in [0.29, 0.717) is 17.6 Å². The molecule has 1 aromatic rings. The average molecular weight is 534 g/mol. The lowest BCUT2D eigenvalue weighted by atomic mass is 9.59. The number of hydrogen-bond donors (Lipinski definition) is 1. The Morgan fingerprint density at radius 3 is 2.61 bits per heavy atom. The lowest BCUT2D eigenvalue weighted by Gasteiger charge is -2.52. The van der Waals surface area contributed by atoms with Gasteiger partial charge in [0, 0.05) is 12.1 Å². The third-order valence-electron chi connectivity index (χ3n) is 9.98. The van der Waals surface area contributed by atoms with Crippen molar-refractivity contribution >= 4 is 5.78 Å². The van der Waals surface area contributed by atoms with Crippen molar-refractivity contribution in [2.24, 2.45) is 34.5 Å². The molecule has 1 N–H and O–H groups in total. The number of pyridine rings is 1. The molecule has 6 nitrogen and oxygen atoms in total. The van der Waals surface area contributed by atoms with E-state index in [9.17, 15) is 23.1 Å². The number of allylic oxidation sites excluding steroid dienone is 1. The predicted octanol–water partition coefficient (Wildman–Crippen LogP) is 5.11. The highest BCUT2D eigenvalue weighted by Gasteiger charge is 2.77. The standard InChI is InChI=1S/C29H34F3NO5/c1-14-12-27-15(2)10-19-20(25(19,3)4)17(21(27)34)11-16-13-36-26(5,6)38-23(16)28(27,35)22(14)37-24-18(29(30,31)32)8-7-9-33-24/h7-9,11-12,15,17,19-20,22-23,35H,10,13H2,1-6H3/t15-,17+,19-,20+,22+,23-,27?,28-/m1/s1. The molecular weight excluding hydrogens is 499 g/mol. The number of halogens is 3. The summed E-state index contributed by atoms with van der Waals surface area (Å²) < 4.78 is 60.0. The normalized spacial score (nSPS) is 42.5. The molecule has 2 saturated carbocycles. The molecule has 2 bridgehead atoms. The Bertz CT molecular complexity index is 1270. The number of aromatic nitrogens is 1. The molecule has 1 aliphatic heterocycles. The maximum absolute atomic E-state index is 14.7. The summed E-state index contributed by atoms with van der Waals surface area (Å²) in [5, 5.41) is 13.0. The van der Waals surface area contributed by atoms with Gasteiger partial charge in [0.25, 0.3) is 0 Å². The SMILES string of the molecule is CC1=CC23C(=O)[C@@H](C=C4COC(C)(C)O[C@H]4[C@]2(O)[C@H]1Oc1ncccc1C(F)(F)F)[C@H]1[C@@H](C[C@H]3C)C1(C)C. The van der Waals surface area contributed by atoms with Crippen molar-refractivity contribution < 1.29 is 37.3 Å². The van der Waals surface area contributed by atoms with E-state index in [-0.39, 0.29) is 35.6 Å². The molecule has 0 radical (unpaired) electrons. The molecule has 8 atom stereocenters. The first-order valence-electron chi connectivity index (χ1n) is 13.2. The van der Waals surface area contributed by atoms with E-state index < -0.39 is 52.5 Å². The minimum Gasteiger partial charge on any atom is -0.466 e. The molecule has 0 amide bonds. The van der Waals surface area contributed by atoms with Crippen LogP contribution in [-0.2, 0) is 20.4 Å². The first kappa shape index (κ1) is 26.0. The lowest BCUT2D eigenvalue weighted by molar-refractivity contribution is -0.301. The summed E-state index contributed by atoms with van der Waals surface area (Å²) in [4.78, 5) is 18.6. The summed E-state index contributed by atoms with van der Waals surface area (Å²) in [5.74, 6) is -2.26. The van der Waals surface area contributed by atoms with E-state index >= 15 is 0 Å². The van der Waals surface area contributed by atoms with E-state index in [1.807, 2.05) is 13.0 Å². The highest BCUT2D eigenvalue weighted by molar-refractivity contribution is 5.95. The zero-order valence-corrected chi connectivity index (χ0v) is 22.4. The van der Waals surface area contributed by atoms with Crippen LogP contribution in [0.2, 0.25) is 0 Å². The highest BCUT2D eigenvalue weighted by Crippen LogP contribution is 2.72. The first-order chi connectivity index (χ1) is 17.6. The number of nitrogens with zero attached hydrogens (tertiary/aromatic N) is 1. The molecule has 6 rings (SSSR count). The Hall–Kier alpha value is -2.23. The van der Waals surface area contributed by atoms with Gasteiger partial charge in [0.05, 0.1) is 12.0 Å². The molecule has 206 valence electrons. The Labute approximate surface area is 220 Å². The van der Waals surface area contributed by atoms with Crippen molar-refractivity contribution in [3.05, 3.63) is 47.2 Å². The van der Waals surface area contributed by atoms with Crippen LogP contribution in [0.3, 0.4) is 0 Å². The Morgan fingerprint density at radius 2 is 1.92 bits per heavy atom. The third kappa shape index (κ3) is 3.24. The fourth-order valence-corrected chi connectivity index (χ4v) is 8.11. The zero-order valence-electron chi connectivity index (χ0n) is 22.4. The van der Waals surface area contributed by atoms with Gasteiger partial charge in [-0.1, -0.05) is 32.9 Å². The fraction of sp³-hybridized carbons (Fsp3) is 0.655. The maximum atomic E-state index is 14.7. The smallest absolute Gasteiger partial charge is 0.421 e. The first-order valence-corrected chi connectivity index (χ1v) is 13.2. The van der Waals surface area contributed by atoms with Gasteiger partial charge in [-0.25, -0.2) is 4.98 Å². The molecule has 4 aliphatic carbocycles. The summed E-state index contributed by atoms with van der Waals surface area (Å²) >= 11 is 0. The minimum atomic E-state index is -4.71. The number of fused-ring (bicyclic) bond motifs is 5. The largest absolute Gasteiger partial charge is 0.466 e. The maximum Gasteiger partial charge on any atom is 0.421 e. The van der Waals surface area contributed by atoms with Gasteiger partial charge < -0.3 is 19.3 Å². The van der Waals surface area contributed by atoms with Crippen LogP contribution in [0.5, 0.6) is 5.88 Å². The molecule has 2 heterocycles. The van der Waals surface area contributed by atoms with Crippen molar-refractivity contribution in [3.63, 3.8) is 0 Å². The molecule has 38 heavy (non-hydrogen) atoms. The number of ketones is 1. The van der Waals surface area contributed by atoms with Crippen LogP contribution in [0, 0.1) is 34.5 Å². The second-order valence-corrected chi connectivity index (χ2v) is 12.8. The molecule has 0 aromatic carbocycles. The van der Waals surface area contributed by atoms with E-state index in [2.05, 4.69) is 18.8 Å². The number of carbonyl (C=O) groups excluding carboxylic acids is 1. The van der Waals surface area contributed by atoms with Crippen molar-refractivity contribution in [1.82, 2.24) is 4.98 Å². The monoisotopic (exact) mass is 533 g/mol. The lowest BCUT2D eigenvalue weighted by Crippen LogP contribution is -2.68. The van der Waals surface area contributed by atoms with Gasteiger partial charge >= 0.3 is 6.18 Å². The number of aliphatic hydroxyl groups is 1. The number of ether oxygens (including phenoxy) is 3. The van der Waals surface area contributed by atoms with Gasteiger partial charge in [0.15, 0.2) is 23.3 Å². The quantitative estimate of drug-likeness (QED) is 0.533. The average Bonchev–Trinajstić information content (AvgIpc) is 3.31. The number of alkyl halides is 3. The van der Waals surface area contributed by atoms with Crippen molar-refractivity contribution in [1.29, 1.82) is 0 Å². The van der Waals surface area contributed by atoms with Gasteiger partial charge in [-0.05, 0) is 73.6 Å². The van der Waals surface area contributed by atoms with Crippen molar-refractivity contribution in [2.75, 3.05) is 6.61 Å². The third-order valence-corrected chi connectivity index (χ3v) is 9.98. The van der Waals surface area contributed by atoms with Crippen LogP contribution in [0.1, 0.15) is 53.5 Å². The summed E-state index contributed by atoms with van der Waals surface area (Å²) in [6.45, 7) is 11.6. The van der Waals surface area contributed by atoms with E-state index in [4.69, 9.17) is 14.2 Å². The molecule has 3 fully saturated rings. The minimum absolute atomic E-state index is 0.0380.